The number of H-pyrrole nitrogens is 1. The van der Waals surface area contributed by atoms with Gasteiger partial charge in [-0.2, -0.15) is 0 Å². The second kappa shape index (κ2) is 3.45. The van der Waals surface area contributed by atoms with E-state index in [4.69, 9.17) is 12.2 Å². The Morgan fingerprint density at radius 1 is 1.23 bits per heavy atom. The summed E-state index contributed by atoms with van der Waals surface area (Å²) in [6.07, 6.45) is 6.80. The lowest BCUT2D eigenvalue weighted by Gasteiger charge is -1.98. The van der Waals surface area contributed by atoms with E-state index in [0.29, 0.717) is 0 Å². The molecule has 4 heteroatoms. The van der Waals surface area contributed by atoms with Gasteiger partial charge in [0, 0.05) is 34.4 Å². The van der Waals surface area contributed by atoms with Gasteiger partial charge in [0.15, 0.2) is 0 Å². The third-order valence-electron chi connectivity index (χ3n) is 1.64. The van der Waals surface area contributed by atoms with Crippen LogP contribution in [0.5, 0.6) is 0 Å². The molecule has 0 radical (unpaired) electrons. The average molecular weight is 189 g/mol. The fourth-order valence-corrected chi connectivity index (χ4v) is 1.24. The second-order valence-corrected chi connectivity index (χ2v) is 3.04. The van der Waals surface area contributed by atoms with Crippen LogP contribution in [0.4, 0.5) is 0 Å². The Morgan fingerprint density at radius 3 is 2.69 bits per heavy atom. The quantitative estimate of drug-likeness (QED) is 0.699. The normalized spacial score (nSPS) is 9.85. The maximum absolute atomic E-state index is 5.04. The van der Waals surface area contributed by atoms with Gasteiger partial charge in [-0.3, -0.25) is 0 Å². The first kappa shape index (κ1) is 8.07. The van der Waals surface area contributed by atoms with Crippen LogP contribution in [0, 0.1) is 4.51 Å². The van der Waals surface area contributed by atoms with E-state index < -0.39 is 0 Å². The largest absolute Gasteiger partial charge is 0.361 e. The Labute approximate surface area is 80.5 Å². The van der Waals surface area contributed by atoms with Crippen LogP contribution >= 0.6 is 12.2 Å². The predicted octanol–water partition coefficient (Wildman–Crippen LogP) is 2.20. The van der Waals surface area contributed by atoms with Crippen molar-refractivity contribution in [1.29, 1.82) is 0 Å². The van der Waals surface area contributed by atoms with Crippen molar-refractivity contribution in [2.75, 3.05) is 0 Å². The lowest BCUT2D eigenvalue weighted by molar-refractivity contribution is 1.16. The third-order valence-corrected chi connectivity index (χ3v) is 1.90. The van der Waals surface area contributed by atoms with Gasteiger partial charge in [0.05, 0.1) is 0 Å². The van der Waals surface area contributed by atoms with E-state index in [0.717, 1.165) is 15.8 Å². The van der Waals surface area contributed by atoms with E-state index in [1.54, 1.807) is 12.4 Å². The van der Waals surface area contributed by atoms with Gasteiger partial charge in [0.25, 0.3) is 0 Å². The minimum atomic E-state index is 0.803. The number of pyridine rings is 1. The number of aromatic nitrogens is 3. The molecule has 0 bridgehead atoms. The molecule has 3 nitrogen and oxygen atoms in total. The fourth-order valence-electron chi connectivity index (χ4n) is 1.05. The molecule has 64 valence electrons. The average Bonchev–Trinajstić information content (AvgIpc) is 2.19. The van der Waals surface area contributed by atoms with Crippen molar-refractivity contribution in [2.45, 2.75) is 0 Å². The van der Waals surface area contributed by atoms with Crippen LogP contribution in [0.1, 0.15) is 0 Å². The minimum Gasteiger partial charge on any atom is -0.361 e. The number of hydrogen-bond donors (Lipinski definition) is 1. The smallest absolute Gasteiger partial charge is 0.115 e. The van der Waals surface area contributed by atoms with E-state index in [-0.39, 0.29) is 0 Å². The standard InChI is InChI=1S/C9H7N3S/c13-8-1-2-12-9(3-8)7-4-10-6-11-5-7/h1-6H,(H,12,13). The molecular weight excluding hydrogens is 182 g/mol. The van der Waals surface area contributed by atoms with E-state index in [1.807, 2.05) is 18.3 Å². The molecule has 0 atom stereocenters. The summed E-state index contributed by atoms with van der Waals surface area (Å²) in [5.41, 5.74) is 1.88. The summed E-state index contributed by atoms with van der Waals surface area (Å²) in [6, 6.07) is 3.72. The first-order valence-corrected chi connectivity index (χ1v) is 4.21. The molecule has 0 aliphatic carbocycles. The maximum atomic E-state index is 5.04. The van der Waals surface area contributed by atoms with Crippen LogP contribution in [0.3, 0.4) is 0 Å². The van der Waals surface area contributed by atoms with Crippen molar-refractivity contribution in [2.24, 2.45) is 0 Å². The molecule has 2 rings (SSSR count). The zero-order valence-electron chi connectivity index (χ0n) is 6.77. The highest BCUT2D eigenvalue weighted by Gasteiger charge is 1.95. The van der Waals surface area contributed by atoms with Crippen molar-refractivity contribution in [1.82, 2.24) is 15.0 Å². The second-order valence-electron chi connectivity index (χ2n) is 2.57. The van der Waals surface area contributed by atoms with Gasteiger partial charge in [0.2, 0.25) is 0 Å². The highest BCUT2D eigenvalue weighted by molar-refractivity contribution is 7.71. The molecule has 1 N–H and O–H groups in total. The molecule has 2 heterocycles. The van der Waals surface area contributed by atoms with Gasteiger partial charge in [-0.25, -0.2) is 9.97 Å². The summed E-state index contributed by atoms with van der Waals surface area (Å²) >= 11 is 5.04. The number of nitrogens with one attached hydrogen (secondary N) is 1. The first-order chi connectivity index (χ1) is 6.36. The number of aromatic amines is 1. The molecule has 13 heavy (non-hydrogen) atoms. The van der Waals surface area contributed by atoms with Crippen molar-refractivity contribution in [3.05, 3.63) is 41.6 Å². The van der Waals surface area contributed by atoms with E-state index in [9.17, 15) is 0 Å². The Balaban J connectivity index is 2.54. The number of hydrogen-bond acceptors (Lipinski definition) is 3. The molecule has 0 aromatic carbocycles. The van der Waals surface area contributed by atoms with E-state index in [1.165, 1.54) is 6.33 Å². The van der Waals surface area contributed by atoms with Crippen LogP contribution in [-0.4, -0.2) is 15.0 Å². The molecular formula is C9H7N3S. The van der Waals surface area contributed by atoms with Crippen molar-refractivity contribution >= 4 is 12.2 Å². The van der Waals surface area contributed by atoms with Crippen LogP contribution in [0.2, 0.25) is 0 Å². The Bertz CT molecular complexity index is 450. The number of rotatable bonds is 1. The molecule has 0 spiro atoms. The van der Waals surface area contributed by atoms with Crippen molar-refractivity contribution in [3.8, 4) is 11.3 Å². The third kappa shape index (κ3) is 1.78. The molecule has 0 saturated heterocycles. The molecule has 0 amide bonds. The molecule has 0 aliphatic heterocycles. The van der Waals surface area contributed by atoms with Crippen LogP contribution in [0.25, 0.3) is 11.3 Å². The summed E-state index contributed by atoms with van der Waals surface area (Å²) in [6.45, 7) is 0. The van der Waals surface area contributed by atoms with Crippen LogP contribution in [0.15, 0.2) is 37.1 Å². The molecule has 0 aliphatic rings. The van der Waals surface area contributed by atoms with Gasteiger partial charge in [-0.1, -0.05) is 12.2 Å². The lowest BCUT2D eigenvalue weighted by atomic mass is 10.2. The van der Waals surface area contributed by atoms with Crippen molar-refractivity contribution < 1.29 is 0 Å². The van der Waals surface area contributed by atoms with Crippen molar-refractivity contribution in [3.63, 3.8) is 0 Å². The molecule has 0 unspecified atom stereocenters. The zero-order chi connectivity index (χ0) is 9.10. The minimum absolute atomic E-state index is 0.803. The summed E-state index contributed by atoms with van der Waals surface area (Å²) in [5, 5.41) is 0. The molecule has 0 saturated carbocycles. The highest BCUT2D eigenvalue weighted by Crippen LogP contribution is 2.12. The van der Waals surface area contributed by atoms with Crippen LogP contribution < -0.4 is 0 Å². The van der Waals surface area contributed by atoms with Gasteiger partial charge >= 0.3 is 0 Å². The fraction of sp³-hybridized carbons (Fsp3) is 0. The Kier molecular flexibility index (Phi) is 2.14. The Hall–Kier alpha value is -1.55. The summed E-state index contributed by atoms with van der Waals surface area (Å²) in [7, 11) is 0. The summed E-state index contributed by atoms with van der Waals surface area (Å²) in [5.74, 6) is 0. The Morgan fingerprint density at radius 2 is 2.00 bits per heavy atom. The van der Waals surface area contributed by atoms with E-state index in [2.05, 4.69) is 15.0 Å². The van der Waals surface area contributed by atoms with Crippen LogP contribution in [-0.2, 0) is 0 Å². The SMILES string of the molecule is S=c1cc[nH]c(-c2cncnc2)c1. The summed E-state index contributed by atoms with van der Waals surface area (Å²) in [4.78, 5) is 10.9. The molecule has 2 aromatic rings. The highest BCUT2D eigenvalue weighted by atomic mass is 32.1. The molecule has 0 fully saturated rings. The lowest BCUT2D eigenvalue weighted by Crippen LogP contribution is -1.84. The first-order valence-electron chi connectivity index (χ1n) is 3.80. The number of nitrogens with zero attached hydrogens (tertiary/aromatic N) is 2. The van der Waals surface area contributed by atoms with Gasteiger partial charge < -0.3 is 4.98 Å². The predicted molar refractivity (Wildman–Crippen MR) is 52.7 cm³/mol. The maximum Gasteiger partial charge on any atom is 0.115 e. The summed E-state index contributed by atoms with van der Waals surface area (Å²) < 4.78 is 0.803. The zero-order valence-corrected chi connectivity index (χ0v) is 7.58. The van der Waals surface area contributed by atoms with Gasteiger partial charge in [0.1, 0.15) is 6.33 Å². The topological polar surface area (TPSA) is 41.6 Å². The van der Waals surface area contributed by atoms with Gasteiger partial charge in [-0.05, 0) is 12.1 Å². The monoisotopic (exact) mass is 189 g/mol. The van der Waals surface area contributed by atoms with Gasteiger partial charge in [-0.15, -0.1) is 0 Å². The molecule has 2 aromatic heterocycles. The van der Waals surface area contributed by atoms with E-state index >= 15 is 0 Å².